The highest BCUT2D eigenvalue weighted by Gasteiger charge is 2.15. The Morgan fingerprint density at radius 1 is 1.50 bits per heavy atom. The number of nitrogens with zero attached hydrogens (tertiary/aromatic N) is 2. The maximum atomic E-state index is 7.56. The number of hydrogen-bond donors (Lipinski definition) is 2. The van der Waals surface area contributed by atoms with Crippen molar-refractivity contribution in [3.8, 4) is 0 Å². The zero-order chi connectivity index (χ0) is 12.1. The first-order valence-electron chi connectivity index (χ1n) is 5.58. The maximum Gasteiger partial charge on any atom is 0.127 e. The third-order valence-electron chi connectivity index (χ3n) is 2.43. The molecule has 90 valence electrons. The van der Waals surface area contributed by atoms with Gasteiger partial charge < -0.3 is 5.73 Å². The number of unbranched alkanes of at least 4 members (excludes halogenated alkanes) is 2. The van der Waals surface area contributed by atoms with E-state index in [-0.39, 0.29) is 5.84 Å². The van der Waals surface area contributed by atoms with E-state index in [0.717, 1.165) is 22.0 Å². The van der Waals surface area contributed by atoms with Crippen molar-refractivity contribution < 1.29 is 0 Å². The monoisotopic (exact) mass is 240 g/mol. The number of nitrogen functional groups attached to an aromatic ring is 1. The van der Waals surface area contributed by atoms with E-state index in [0.29, 0.717) is 0 Å². The Morgan fingerprint density at radius 3 is 2.75 bits per heavy atom. The summed E-state index contributed by atoms with van der Waals surface area (Å²) in [6.07, 6.45) is 3.67. The van der Waals surface area contributed by atoms with Gasteiger partial charge in [0.25, 0.3) is 0 Å². The van der Waals surface area contributed by atoms with Crippen LogP contribution in [-0.4, -0.2) is 21.4 Å². The fourth-order valence-corrected chi connectivity index (χ4v) is 2.81. The zero-order valence-corrected chi connectivity index (χ0v) is 11.0. The minimum atomic E-state index is 0.114. The van der Waals surface area contributed by atoms with Crippen LogP contribution >= 0.6 is 11.8 Å². The van der Waals surface area contributed by atoms with Crippen LogP contribution in [0.1, 0.15) is 37.4 Å². The molecule has 0 radical (unpaired) electrons. The molecule has 0 aromatic carbocycles. The standard InChI is InChI=1S/C11H20N4S/c1-4-5-6-7-16-11-9(10(12)13)8(2)14-15(11)3/h4-7H2,1-3H3,(H3,12,13). The van der Waals surface area contributed by atoms with Crippen LogP contribution < -0.4 is 5.73 Å². The summed E-state index contributed by atoms with van der Waals surface area (Å²) in [5.41, 5.74) is 7.21. The number of rotatable bonds is 6. The van der Waals surface area contributed by atoms with Crippen molar-refractivity contribution in [1.82, 2.24) is 9.78 Å². The second-order valence-corrected chi connectivity index (χ2v) is 4.94. The van der Waals surface area contributed by atoms with Gasteiger partial charge in [-0.2, -0.15) is 5.10 Å². The zero-order valence-electron chi connectivity index (χ0n) is 10.2. The highest BCUT2D eigenvalue weighted by atomic mass is 32.2. The van der Waals surface area contributed by atoms with E-state index in [1.54, 1.807) is 11.8 Å². The first-order chi connectivity index (χ1) is 7.57. The van der Waals surface area contributed by atoms with Gasteiger partial charge in [-0.1, -0.05) is 19.8 Å². The third-order valence-corrected chi connectivity index (χ3v) is 3.66. The Morgan fingerprint density at radius 2 is 2.19 bits per heavy atom. The molecule has 0 bridgehead atoms. The number of aryl methyl sites for hydroxylation is 2. The Hall–Kier alpha value is -0.970. The topological polar surface area (TPSA) is 67.7 Å². The van der Waals surface area contributed by atoms with Crippen molar-refractivity contribution in [2.75, 3.05) is 5.75 Å². The summed E-state index contributed by atoms with van der Waals surface area (Å²) in [7, 11) is 1.90. The Kier molecular flexibility index (Phi) is 4.86. The van der Waals surface area contributed by atoms with Gasteiger partial charge >= 0.3 is 0 Å². The minimum absolute atomic E-state index is 0.114. The SMILES string of the molecule is CCCCCSc1c(C(=N)N)c(C)nn1C. The van der Waals surface area contributed by atoms with Crippen LogP contribution in [0.5, 0.6) is 0 Å². The fraction of sp³-hybridized carbons (Fsp3) is 0.636. The van der Waals surface area contributed by atoms with E-state index in [1.165, 1.54) is 19.3 Å². The molecule has 1 heterocycles. The van der Waals surface area contributed by atoms with Crippen LogP contribution in [-0.2, 0) is 7.05 Å². The molecule has 1 aromatic heterocycles. The number of hydrogen-bond acceptors (Lipinski definition) is 3. The predicted molar refractivity (Wildman–Crippen MR) is 69.2 cm³/mol. The molecule has 1 aromatic rings. The van der Waals surface area contributed by atoms with E-state index >= 15 is 0 Å². The fourth-order valence-electron chi connectivity index (χ4n) is 1.63. The second kappa shape index (κ2) is 5.94. The summed E-state index contributed by atoms with van der Waals surface area (Å²) in [4.78, 5) is 0. The van der Waals surface area contributed by atoms with Gasteiger partial charge in [-0.25, -0.2) is 0 Å². The van der Waals surface area contributed by atoms with Crippen LogP contribution in [0.25, 0.3) is 0 Å². The second-order valence-electron chi connectivity index (χ2n) is 3.86. The Bertz CT molecular complexity index is 370. The number of nitrogens with two attached hydrogens (primary N) is 1. The Balaban J connectivity index is 2.74. The summed E-state index contributed by atoms with van der Waals surface area (Å²) >= 11 is 1.74. The highest BCUT2D eigenvalue weighted by molar-refractivity contribution is 7.99. The van der Waals surface area contributed by atoms with Crippen LogP contribution in [0.15, 0.2) is 5.03 Å². The molecule has 0 aliphatic heterocycles. The predicted octanol–water partition coefficient (Wildman–Crippen LogP) is 2.29. The molecule has 4 nitrogen and oxygen atoms in total. The van der Waals surface area contributed by atoms with Gasteiger partial charge in [0.15, 0.2) is 0 Å². The van der Waals surface area contributed by atoms with Crippen molar-refractivity contribution in [2.24, 2.45) is 12.8 Å². The minimum Gasteiger partial charge on any atom is -0.384 e. The van der Waals surface area contributed by atoms with Gasteiger partial charge in [0.1, 0.15) is 10.9 Å². The molecule has 0 aliphatic rings. The molecule has 0 unspecified atom stereocenters. The molecule has 3 N–H and O–H groups in total. The van der Waals surface area contributed by atoms with Gasteiger partial charge in [0.05, 0.1) is 11.3 Å². The number of thioether (sulfide) groups is 1. The van der Waals surface area contributed by atoms with Gasteiger partial charge in [-0.15, -0.1) is 11.8 Å². The van der Waals surface area contributed by atoms with Gasteiger partial charge in [0.2, 0.25) is 0 Å². The van der Waals surface area contributed by atoms with Crippen LogP contribution in [0.3, 0.4) is 0 Å². The Labute approximate surface area is 101 Å². The average Bonchev–Trinajstić information content (AvgIpc) is 2.48. The number of amidine groups is 1. The van der Waals surface area contributed by atoms with Crippen LogP contribution in [0.4, 0.5) is 0 Å². The lowest BCUT2D eigenvalue weighted by Crippen LogP contribution is -2.13. The first kappa shape index (κ1) is 13.1. The van der Waals surface area contributed by atoms with Crippen molar-refractivity contribution >= 4 is 17.6 Å². The summed E-state index contributed by atoms with van der Waals surface area (Å²) in [5.74, 6) is 1.18. The summed E-state index contributed by atoms with van der Waals surface area (Å²) in [6, 6.07) is 0. The van der Waals surface area contributed by atoms with E-state index < -0.39 is 0 Å². The van der Waals surface area contributed by atoms with Crippen LogP contribution in [0.2, 0.25) is 0 Å². The molecule has 0 spiro atoms. The number of aromatic nitrogens is 2. The van der Waals surface area contributed by atoms with Crippen molar-refractivity contribution in [3.05, 3.63) is 11.3 Å². The maximum absolute atomic E-state index is 7.56. The van der Waals surface area contributed by atoms with Gasteiger partial charge in [-0.05, 0) is 19.1 Å². The van der Waals surface area contributed by atoms with E-state index in [2.05, 4.69) is 12.0 Å². The lowest BCUT2D eigenvalue weighted by molar-refractivity contribution is 0.690. The molecule has 0 amide bonds. The molecule has 5 heteroatoms. The molecule has 1 rings (SSSR count). The molecule has 0 saturated heterocycles. The van der Waals surface area contributed by atoms with Gasteiger partial charge in [0, 0.05) is 7.05 Å². The van der Waals surface area contributed by atoms with Crippen molar-refractivity contribution in [3.63, 3.8) is 0 Å². The molecule has 0 atom stereocenters. The number of nitrogens with one attached hydrogen (secondary N) is 1. The normalized spacial score (nSPS) is 10.7. The quantitative estimate of drug-likeness (QED) is 0.347. The third kappa shape index (κ3) is 3.01. The average molecular weight is 240 g/mol. The molecular weight excluding hydrogens is 220 g/mol. The molecule has 16 heavy (non-hydrogen) atoms. The van der Waals surface area contributed by atoms with E-state index in [1.807, 2.05) is 18.7 Å². The van der Waals surface area contributed by atoms with Crippen LogP contribution in [0, 0.1) is 12.3 Å². The largest absolute Gasteiger partial charge is 0.384 e. The molecule has 0 aliphatic carbocycles. The van der Waals surface area contributed by atoms with Gasteiger partial charge in [-0.3, -0.25) is 10.1 Å². The van der Waals surface area contributed by atoms with E-state index in [9.17, 15) is 0 Å². The molecule has 0 fully saturated rings. The summed E-state index contributed by atoms with van der Waals surface area (Å²) < 4.78 is 1.82. The lowest BCUT2D eigenvalue weighted by Gasteiger charge is -2.04. The molecule has 0 saturated carbocycles. The highest BCUT2D eigenvalue weighted by Crippen LogP contribution is 2.25. The lowest BCUT2D eigenvalue weighted by atomic mass is 10.2. The summed E-state index contributed by atoms with van der Waals surface area (Å²) in [5, 5.41) is 12.9. The molecular formula is C11H20N4S. The van der Waals surface area contributed by atoms with Crippen molar-refractivity contribution in [2.45, 2.75) is 38.1 Å². The van der Waals surface area contributed by atoms with E-state index in [4.69, 9.17) is 11.1 Å². The smallest absolute Gasteiger partial charge is 0.127 e. The first-order valence-corrected chi connectivity index (χ1v) is 6.57. The summed E-state index contributed by atoms with van der Waals surface area (Å²) in [6.45, 7) is 4.09. The van der Waals surface area contributed by atoms with Crippen molar-refractivity contribution in [1.29, 1.82) is 5.41 Å².